The van der Waals surface area contributed by atoms with Crippen molar-refractivity contribution < 1.29 is 33.6 Å². The Kier molecular flexibility index (Phi) is 5.59. The molecule has 2 aromatic rings. The van der Waals surface area contributed by atoms with Gasteiger partial charge in [0.15, 0.2) is 23.0 Å². The van der Waals surface area contributed by atoms with Gasteiger partial charge in [0.2, 0.25) is 12.5 Å². The molecular formula is C22H25NO7. The molecule has 0 radical (unpaired) electrons. The van der Waals surface area contributed by atoms with Crippen LogP contribution in [0.25, 0.3) is 0 Å². The lowest BCUT2D eigenvalue weighted by molar-refractivity contribution is -0.142. The number of fused-ring (bicyclic) bond motifs is 1. The zero-order valence-corrected chi connectivity index (χ0v) is 17.2. The summed E-state index contributed by atoms with van der Waals surface area (Å²) in [6.07, 6.45) is 1.39. The molecule has 1 N–H and O–H groups in total. The monoisotopic (exact) mass is 415 g/mol. The van der Waals surface area contributed by atoms with Crippen LogP contribution >= 0.6 is 0 Å². The number of carboxylic acid groups (broad SMARTS) is 1. The van der Waals surface area contributed by atoms with Gasteiger partial charge in [0.25, 0.3) is 0 Å². The molecule has 0 aliphatic carbocycles. The number of carbonyl (C=O) groups is 1. The first kappa shape index (κ1) is 20.2. The van der Waals surface area contributed by atoms with Crippen molar-refractivity contribution in [2.75, 3.05) is 34.7 Å². The van der Waals surface area contributed by atoms with Crippen molar-refractivity contribution in [2.45, 2.75) is 24.9 Å². The lowest BCUT2D eigenvalue weighted by Crippen LogP contribution is -2.39. The van der Waals surface area contributed by atoms with Crippen LogP contribution in [0.15, 0.2) is 30.3 Å². The maximum absolute atomic E-state index is 12.0. The molecule has 2 aromatic carbocycles. The molecule has 2 aliphatic rings. The molecule has 8 nitrogen and oxygen atoms in total. The second kappa shape index (κ2) is 8.31. The smallest absolute Gasteiger partial charge is 0.320 e. The Bertz CT molecular complexity index is 945. The van der Waals surface area contributed by atoms with E-state index in [2.05, 4.69) is 0 Å². The number of carboxylic acids is 1. The van der Waals surface area contributed by atoms with Gasteiger partial charge in [-0.3, -0.25) is 9.69 Å². The summed E-state index contributed by atoms with van der Waals surface area (Å²) >= 11 is 0. The number of likely N-dealkylation sites (tertiary alicyclic amines) is 1. The summed E-state index contributed by atoms with van der Waals surface area (Å²) in [6, 6.07) is 8.42. The number of benzene rings is 2. The number of hydrogen-bond acceptors (Lipinski definition) is 7. The average molecular weight is 415 g/mol. The Morgan fingerprint density at radius 1 is 1.07 bits per heavy atom. The lowest BCUT2D eigenvalue weighted by Gasteiger charge is -2.33. The van der Waals surface area contributed by atoms with E-state index < -0.39 is 12.0 Å². The van der Waals surface area contributed by atoms with Gasteiger partial charge in [0.05, 0.1) is 27.4 Å². The fourth-order valence-corrected chi connectivity index (χ4v) is 4.34. The second-order valence-electron chi connectivity index (χ2n) is 7.17. The lowest BCUT2D eigenvalue weighted by atomic mass is 9.94. The van der Waals surface area contributed by atoms with Crippen LogP contribution in [0.5, 0.6) is 28.7 Å². The summed E-state index contributed by atoms with van der Waals surface area (Å²) in [7, 11) is 4.68. The summed E-state index contributed by atoms with van der Waals surface area (Å²) in [5.74, 6) is 2.00. The van der Waals surface area contributed by atoms with E-state index in [4.69, 9.17) is 23.7 Å². The third kappa shape index (κ3) is 3.37. The molecule has 2 unspecified atom stereocenters. The van der Waals surface area contributed by atoms with Crippen LogP contribution < -0.4 is 23.7 Å². The van der Waals surface area contributed by atoms with Gasteiger partial charge in [-0.05, 0) is 42.7 Å². The summed E-state index contributed by atoms with van der Waals surface area (Å²) in [4.78, 5) is 14.0. The molecule has 1 saturated heterocycles. The topological polar surface area (TPSA) is 86.7 Å². The number of rotatable bonds is 7. The number of aliphatic carboxylic acids is 1. The summed E-state index contributed by atoms with van der Waals surface area (Å²) in [5.41, 5.74) is 1.68. The van der Waals surface area contributed by atoms with E-state index in [0.29, 0.717) is 41.7 Å². The molecule has 0 bridgehead atoms. The molecule has 0 spiro atoms. The Hall–Kier alpha value is -3.13. The van der Waals surface area contributed by atoms with E-state index in [1.165, 1.54) is 0 Å². The highest BCUT2D eigenvalue weighted by Gasteiger charge is 2.39. The molecular weight excluding hydrogens is 390 g/mol. The molecule has 4 rings (SSSR count). The Morgan fingerprint density at radius 3 is 2.53 bits per heavy atom. The SMILES string of the molecule is COc1ccc(C(c2ccc3c(c2)OCO3)N2CCCC2C(=O)O)c(OC)c1OC. The molecule has 0 saturated carbocycles. The number of nitrogens with zero attached hydrogens (tertiary/aromatic N) is 1. The summed E-state index contributed by atoms with van der Waals surface area (Å²) < 4.78 is 27.7. The first-order chi connectivity index (χ1) is 14.6. The average Bonchev–Trinajstić information content (AvgIpc) is 3.42. The van der Waals surface area contributed by atoms with Gasteiger partial charge in [-0.1, -0.05) is 6.07 Å². The minimum Gasteiger partial charge on any atom is -0.493 e. The van der Waals surface area contributed by atoms with Crippen LogP contribution in [0.4, 0.5) is 0 Å². The molecule has 0 amide bonds. The highest BCUT2D eigenvalue weighted by Crippen LogP contribution is 2.47. The van der Waals surface area contributed by atoms with Crippen LogP contribution in [0.2, 0.25) is 0 Å². The fraction of sp³-hybridized carbons (Fsp3) is 0.409. The molecule has 0 aromatic heterocycles. The van der Waals surface area contributed by atoms with Gasteiger partial charge < -0.3 is 28.8 Å². The number of hydrogen-bond donors (Lipinski definition) is 1. The van der Waals surface area contributed by atoms with Gasteiger partial charge in [-0.25, -0.2) is 0 Å². The van der Waals surface area contributed by atoms with Crippen molar-refractivity contribution in [1.29, 1.82) is 0 Å². The highest BCUT2D eigenvalue weighted by molar-refractivity contribution is 5.74. The van der Waals surface area contributed by atoms with Gasteiger partial charge in [0.1, 0.15) is 6.04 Å². The minimum atomic E-state index is -0.835. The van der Waals surface area contributed by atoms with Gasteiger partial charge in [0, 0.05) is 12.1 Å². The number of ether oxygens (including phenoxy) is 5. The zero-order chi connectivity index (χ0) is 21.3. The zero-order valence-electron chi connectivity index (χ0n) is 17.2. The van der Waals surface area contributed by atoms with Crippen LogP contribution in [-0.4, -0.2) is 56.7 Å². The minimum absolute atomic E-state index is 0.171. The molecule has 2 atom stereocenters. The highest BCUT2D eigenvalue weighted by atomic mass is 16.7. The Balaban J connectivity index is 1.89. The normalized spacial score (nSPS) is 18.8. The van der Waals surface area contributed by atoms with Gasteiger partial charge in [-0.2, -0.15) is 0 Å². The predicted molar refractivity (Wildman–Crippen MR) is 108 cm³/mol. The summed E-state index contributed by atoms with van der Waals surface area (Å²) in [6.45, 7) is 0.818. The van der Waals surface area contributed by atoms with Crippen molar-refractivity contribution >= 4 is 5.97 Å². The second-order valence-corrected chi connectivity index (χ2v) is 7.17. The van der Waals surface area contributed by atoms with Crippen molar-refractivity contribution in [3.05, 3.63) is 41.5 Å². The maximum atomic E-state index is 12.0. The van der Waals surface area contributed by atoms with Crippen molar-refractivity contribution in [3.63, 3.8) is 0 Å². The third-order valence-corrected chi connectivity index (χ3v) is 5.65. The molecule has 160 valence electrons. The van der Waals surface area contributed by atoms with E-state index in [-0.39, 0.29) is 12.8 Å². The molecule has 30 heavy (non-hydrogen) atoms. The first-order valence-electron chi connectivity index (χ1n) is 9.76. The first-order valence-corrected chi connectivity index (χ1v) is 9.76. The van der Waals surface area contributed by atoms with Crippen molar-refractivity contribution in [2.24, 2.45) is 0 Å². The third-order valence-electron chi connectivity index (χ3n) is 5.65. The van der Waals surface area contributed by atoms with Crippen LogP contribution in [-0.2, 0) is 4.79 Å². The van der Waals surface area contributed by atoms with Crippen molar-refractivity contribution in [3.8, 4) is 28.7 Å². The maximum Gasteiger partial charge on any atom is 0.320 e. The predicted octanol–water partition coefficient (Wildman–Crippen LogP) is 3.08. The van der Waals surface area contributed by atoms with Crippen LogP contribution in [0, 0.1) is 0 Å². The molecule has 2 heterocycles. The quantitative estimate of drug-likeness (QED) is 0.738. The van der Waals surface area contributed by atoms with Gasteiger partial charge in [-0.15, -0.1) is 0 Å². The molecule has 8 heteroatoms. The molecule has 2 aliphatic heterocycles. The number of methoxy groups -OCH3 is 3. The van der Waals surface area contributed by atoms with E-state index >= 15 is 0 Å². The Morgan fingerprint density at radius 2 is 1.83 bits per heavy atom. The van der Waals surface area contributed by atoms with E-state index in [1.807, 2.05) is 35.2 Å². The van der Waals surface area contributed by atoms with Gasteiger partial charge >= 0.3 is 5.97 Å². The standard InChI is InChI=1S/C22H25NO7/c1-26-17-9-7-14(20(27-2)21(17)28-3)19(23-10-4-5-15(23)22(24)25)13-6-8-16-18(11-13)30-12-29-16/h6-9,11,15,19H,4-5,10,12H2,1-3H3,(H,24,25). The van der Waals surface area contributed by atoms with E-state index in [9.17, 15) is 9.90 Å². The summed E-state index contributed by atoms with van der Waals surface area (Å²) in [5, 5.41) is 9.83. The van der Waals surface area contributed by atoms with Crippen LogP contribution in [0.3, 0.4) is 0 Å². The van der Waals surface area contributed by atoms with E-state index in [0.717, 1.165) is 17.5 Å². The Labute approximate surface area is 174 Å². The fourth-order valence-electron chi connectivity index (χ4n) is 4.34. The largest absolute Gasteiger partial charge is 0.493 e. The van der Waals surface area contributed by atoms with Crippen LogP contribution in [0.1, 0.15) is 30.0 Å². The molecule has 1 fully saturated rings. The van der Waals surface area contributed by atoms with E-state index in [1.54, 1.807) is 21.3 Å². The van der Waals surface area contributed by atoms with Crippen molar-refractivity contribution in [1.82, 2.24) is 4.90 Å².